The number of fused-ring (bicyclic) bond motifs is 1. The summed E-state index contributed by atoms with van der Waals surface area (Å²) in [5.74, 6) is 0.640. The average molecular weight is 367 g/mol. The number of ether oxygens (including phenoxy) is 1. The largest absolute Gasteiger partial charge is 0.490 e. The van der Waals surface area contributed by atoms with Crippen LogP contribution < -0.4 is 10.1 Å². The summed E-state index contributed by atoms with van der Waals surface area (Å²) in [6.07, 6.45) is 0.968. The Morgan fingerprint density at radius 2 is 2.08 bits per heavy atom. The highest BCUT2D eigenvalue weighted by Gasteiger charge is 2.16. The van der Waals surface area contributed by atoms with Crippen molar-refractivity contribution in [3.05, 3.63) is 58.6 Å². The van der Waals surface area contributed by atoms with Crippen molar-refractivity contribution in [3.63, 3.8) is 0 Å². The van der Waals surface area contributed by atoms with Crippen molar-refractivity contribution in [1.29, 1.82) is 0 Å². The Bertz CT molecular complexity index is 722. The molecule has 24 heavy (non-hydrogen) atoms. The number of amides is 1. The van der Waals surface area contributed by atoms with Gasteiger partial charge in [0, 0.05) is 24.8 Å². The summed E-state index contributed by atoms with van der Waals surface area (Å²) in [6, 6.07) is 13.1. The summed E-state index contributed by atoms with van der Waals surface area (Å²) in [7, 11) is 1.78. The van der Waals surface area contributed by atoms with Crippen molar-refractivity contribution >= 4 is 35.6 Å². The SMILES string of the molecule is CN(CCOc1ccccc1Cl)C(=O)c1ccc2c(c1)CCN2.Cl. The molecule has 0 spiro atoms. The molecule has 0 aromatic heterocycles. The van der Waals surface area contributed by atoms with Crippen molar-refractivity contribution in [2.45, 2.75) is 6.42 Å². The van der Waals surface area contributed by atoms with Crippen LogP contribution in [0.2, 0.25) is 5.02 Å². The van der Waals surface area contributed by atoms with E-state index in [1.54, 1.807) is 18.0 Å². The number of benzene rings is 2. The van der Waals surface area contributed by atoms with Gasteiger partial charge in [-0.15, -0.1) is 12.4 Å². The van der Waals surface area contributed by atoms with E-state index in [1.165, 1.54) is 5.56 Å². The van der Waals surface area contributed by atoms with E-state index in [9.17, 15) is 4.79 Å². The Morgan fingerprint density at radius 1 is 1.29 bits per heavy atom. The number of nitrogens with zero attached hydrogens (tertiary/aromatic N) is 1. The van der Waals surface area contributed by atoms with Crippen LogP contribution in [0.1, 0.15) is 15.9 Å². The lowest BCUT2D eigenvalue weighted by Crippen LogP contribution is -2.30. The van der Waals surface area contributed by atoms with E-state index in [-0.39, 0.29) is 18.3 Å². The van der Waals surface area contributed by atoms with E-state index in [0.717, 1.165) is 18.7 Å². The maximum Gasteiger partial charge on any atom is 0.253 e. The minimum absolute atomic E-state index is 0. The van der Waals surface area contributed by atoms with Gasteiger partial charge in [0.2, 0.25) is 0 Å². The predicted molar refractivity (Wildman–Crippen MR) is 99.8 cm³/mol. The molecule has 2 aromatic rings. The maximum absolute atomic E-state index is 12.5. The second-order valence-electron chi connectivity index (χ2n) is 5.55. The van der Waals surface area contributed by atoms with E-state index >= 15 is 0 Å². The standard InChI is InChI=1S/C18H19ClN2O2.ClH/c1-21(10-11-23-17-5-3-2-4-15(17)19)18(22)14-6-7-16-13(12-14)8-9-20-16;/h2-7,12,20H,8-11H2,1H3;1H. The van der Waals surface area contributed by atoms with Crippen LogP contribution in [0.25, 0.3) is 0 Å². The Labute approximate surface area is 153 Å². The third-order valence-corrected chi connectivity index (χ3v) is 4.24. The topological polar surface area (TPSA) is 41.6 Å². The smallest absolute Gasteiger partial charge is 0.253 e. The molecule has 3 rings (SSSR count). The van der Waals surface area contributed by atoms with E-state index < -0.39 is 0 Å². The molecule has 0 unspecified atom stereocenters. The average Bonchev–Trinajstić information content (AvgIpc) is 3.03. The van der Waals surface area contributed by atoms with E-state index in [0.29, 0.717) is 29.5 Å². The quantitative estimate of drug-likeness (QED) is 0.872. The van der Waals surface area contributed by atoms with E-state index in [4.69, 9.17) is 16.3 Å². The van der Waals surface area contributed by atoms with Gasteiger partial charge in [-0.3, -0.25) is 4.79 Å². The molecule has 0 atom stereocenters. The summed E-state index contributed by atoms with van der Waals surface area (Å²) in [6.45, 7) is 1.84. The molecule has 1 aliphatic rings. The van der Waals surface area contributed by atoms with Gasteiger partial charge in [0.25, 0.3) is 5.91 Å². The summed E-state index contributed by atoms with van der Waals surface area (Å²) < 4.78 is 5.63. The van der Waals surface area contributed by atoms with Crippen LogP contribution in [0.5, 0.6) is 5.75 Å². The fourth-order valence-corrected chi connectivity index (χ4v) is 2.80. The van der Waals surface area contributed by atoms with Gasteiger partial charge in [-0.05, 0) is 42.3 Å². The Hall–Kier alpha value is -1.91. The van der Waals surface area contributed by atoms with Crippen molar-refractivity contribution in [1.82, 2.24) is 4.90 Å². The van der Waals surface area contributed by atoms with E-state index in [2.05, 4.69) is 5.32 Å². The van der Waals surface area contributed by atoms with Crippen LogP contribution in [0.15, 0.2) is 42.5 Å². The molecule has 0 radical (unpaired) electrons. The van der Waals surface area contributed by atoms with Gasteiger partial charge < -0.3 is 15.0 Å². The number of halogens is 2. The first-order valence-corrected chi connectivity index (χ1v) is 8.02. The fraction of sp³-hybridized carbons (Fsp3) is 0.278. The summed E-state index contributed by atoms with van der Waals surface area (Å²) >= 11 is 6.04. The first-order valence-electron chi connectivity index (χ1n) is 7.65. The minimum Gasteiger partial charge on any atom is -0.490 e. The number of hydrogen-bond donors (Lipinski definition) is 1. The molecular weight excluding hydrogens is 347 g/mol. The van der Waals surface area contributed by atoms with Crippen LogP contribution in [0.4, 0.5) is 5.69 Å². The maximum atomic E-state index is 12.5. The second kappa shape index (κ2) is 8.27. The monoisotopic (exact) mass is 366 g/mol. The number of nitrogens with one attached hydrogen (secondary N) is 1. The molecular formula is C18H20Cl2N2O2. The number of rotatable bonds is 5. The third-order valence-electron chi connectivity index (χ3n) is 3.93. The van der Waals surface area contributed by atoms with Crippen LogP contribution in [-0.4, -0.2) is 37.6 Å². The number of carbonyl (C=O) groups excluding carboxylic acids is 1. The van der Waals surface area contributed by atoms with Crippen LogP contribution in [0.3, 0.4) is 0 Å². The molecule has 1 amide bonds. The normalized spacial score (nSPS) is 11.9. The molecule has 4 nitrogen and oxygen atoms in total. The van der Waals surface area contributed by atoms with Gasteiger partial charge in [-0.2, -0.15) is 0 Å². The number of hydrogen-bond acceptors (Lipinski definition) is 3. The molecule has 1 aliphatic heterocycles. The molecule has 6 heteroatoms. The lowest BCUT2D eigenvalue weighted by atomic mass is 10.1. The molecule has 0 saturated heterocycles. The highest BCUT2D eigenvalue weighted by molar-refractivity contribution is 6.32. The van der Waals surface area contributed by atoms with Crippen molar-refractivity contribution < 1.29 is 9.53 Å². The van der Waals surface area contributed by atoms with Crippen molar-refractivity contribution in [2.24, 2.45) is 0 Å². The van der Waals surface area contributed by atoms with Gasteiger partial charge >= 0.3 is 0 Å². The van der Waals surface area contributed by atoms with Crippen molar-refractivity contribution in [2.75, 3.05) is 32.1 Å². The highest BCUT2D eigenvalue weighted by atomic mass is 35.5. The summed E-state index contributed by atoms with van der Waals surface area (Å²) in [5, 5.41) is 3.87. The first-order chi connectivity index (χ1) is 11.1. The lowest BCUT2D eigenvalue weighted by Gasteiger charge is -2.18. The molecule has 0 saturated carbocycles. The predicted octanol–water partition coefficient (Wildman–Crippen LogP) is 3.88. The van der Waals surface area contributed by atoms with Crippen LogP contribution >= 0.6 is 24.0 Å². The van der Waals surface area contributed by atoms with Gasteiger partial charge in [0.1, 0.15) is 12.4 Å². The third kappa shape index (κ3) is 4.13. The highest BCUT2D eigenvalue weighted by Crippen LogP contribution is 2.24. The molecule has 128 valence electrons. The second-order valence-corrected chi connectivity index (χ2v) is 5.96. The number of carbonyl (C=O) groups is 1. The van der Waals surface area contributed by atoms with Crippen LogP contribution in [-0.2, 0) is 6.42 Å². The zero-order chi connectivity index (χ0) is 16.2. The lowest BCUT2D eigenvalue weighted by molar-refractivity contribution is 0.0774. The van der Waals surface area contributed by atoms with Gasteiger partial charge in [-0.25, -0.2) is 0 Å². The number of para-hydroxylation sites is 1. The van der Waals surface area contributed by atoms with Gasteiger partial charge in [0.15, 0.2) is 0 Å². The Kier molecular flexibility index (Phi) is 6.35. The molecule has 0 aliphatic carbocycles. The molecule has 0 fully saturated rings. The fourth-order valence-electron chi connectivity index (χ4n) is 2.61. The molecule has 2 aromatic carbocycles. The molecule has 1 heterocycles. The zero-order valence-electron chi connectivity index (χ0n) is 13.4. The Balaban J connectivity index is 0.00000208. The van der Waals surface area contributed by atoms with E-state index in [1.807, 2.05) is 36.4 Å². The number of likely N-dealkylation sites (N-methyl/N-ethyl adjacent to an activating group) is 1. The first kappa shape index (κ1) is 18.4. The Morgan fingerprint density at radius 3 is 2.88 bits per heavy atom. The van der Waals surface area contributed by atoms with Crippen LogP contribution in [0, 0.1) is 0 Å². The molecule has 0 bridgehead atoms. The number of anilines is 1. The summed E-state index contributed by atoms with van der Waals surface area (Å²) in [4.78, 5) is 14.1. The zero-order valence-corrected chi connectivity index (χ0v) is 15.0. The summed E-state index contributed by atoms with van der Waals surface area (Å²) in [5.41, 5.74) is 3.05. The molecule has 1 N–H and O–H groups in total. The minimum atomic E-state index is 0. The van der Waals surface area contributed by atoms with Crippen molar-refractivity contribution in [3.8, 4) is 5.75 Å². The van der Waals surface area contributed by atoms with Gasteiger partial charge in [0.05, 0.1) is 11.6 Å². The van der Waals surface area contributed by atoms with Gasteiger partial charge in [-0.1, -0.05) is 23.7 Å².